The van der Waals surface area contributed by atoms with Gasteiger partial charge in [-0.05, 0) is 50.2 Å². The lowest BCUT2D eigenvalue weighted by atomic mass is 10.0. The van der Waals surface area contributed by atoms with Crippen LogP contribution >= 0.6 is 11.3 Å². The van der Waals surface area contributed by atoms with Crippen molar-refractivity contribution >= 4 is 49.8 Å². The minimum Gasteiger partial charge on any atom is -0.374 e. The lowest BCUT2D eigenvalue weighted by Crippen LogP contribution is -1.92. The molecular weight excluding hydrogens is 348 g/mol. The van der Waals surface area contributed by atoms with Crippen LogP contribution in [0.4, 0.5) is 5.13 Å². The van der Waals surface area contributed by atoms with E-state index in [-0.39, 0.29) is 11.6 Å². The van der Waals surface area contributed by atoms with E-state index in [1.54, 1.807) is 19.4 Å². The molecule has 0 aliphatic carbocycles. The zero-order valence-electron chi connectivity index (χ0n) is 14.7. The van der Waals surface area contributed by atoms with Crippen LogP contribution in [0.3, 0.4) is 0 Å². The third-order valence-electron chi connectivity index (χ3n) is 4.20. The van der Waals surface area contributed by atoms with Gasteiger partial charge in [0.2, 0.25) is 5.13 Å². The molecule has 0 fully saturated rings. The topological polar surface area (TPSA) is 90.9 Å². The number of nitrogen functional groups attached to an aromatic ring is 1. The zero-order chi connectivity index (χ0) is 18.8. The third-order valence-corrected chi connectivity index (χ3v) is 4.72. The van der Waals surface area contributed by atoms with Crippen molar-refractivity contribution in [3.63, 3.8) is 0 Å². The van der Waals surface area contributed by atoms with Crippen LogP contribution in [-0.4, -0.2) is 26.3 Å². The van der Waals surface area contributed by atoms with E-state index < -0.39 is 0 Å². The standard InChI is InChI=1S/C17H15NO2.C2H3N3S/c1-10(19)12-4-6-16-14(8-12)15-9-13(11(2)20)5-7-17(15)18(16)3;3-2-5-4-1-6-2/h4-9H,1-3H3;1H,(H2,3,5). The number of ketones is 2. The summed E-state index contributed by atoms with van der Waals surface area (Å²) in [7, 11) is 1.99. The smallest absolute Gasteiger partial charge is 0.202 e. The van der Waals surface area contributed by atoms with Crippen molar-refractivity contribution in [1.82, 2.24) is 14.8 Å². The summed E-state index contributed by atoms with van der Waals surface area (Å²) in [5.41, 5.74) is 10.2. The van der Waals surface area contributed by atoms with E-state index in [1.165, 1.54) is 11.3 Å². The van der Waals surface area contributed by atoms with E-state index in [2.05, 4.69) is 14.8 Å². The molecule has 7 heteroatoms. The summed E-state index contributed by atoms with van der Waals surface area (Å²) in [6.45, 7) is 3.13. The fourth-order valence-electron chi connectivity index (χ4n) is 2.84. The average molecular weight is 366 g/mol. The number of fused-ring (bicyclic) bond motifs is 3. The number of anilines is 1. The molecule has 4 aromatic rings. The molecule has 0 aliphatic heterocycles. The molecule has 4 rings (SSSR count). The van der Waals surface area contributed by atoms with Crippen molar-refractivity contribution in [2.24, 2.45) is 7.05 Å². The summed E-state index contributed by atoms with van der Waals surface area (Å²) in [5.74, 6) is 0.0956. The van der Waals surface area contributed by atoms with Gasteiger partial charge in [-0.15, -0.1) is 10.2 Å². The van der Waals surface area contributed by atoms with E-state index in [0.29, 0.717) is 16.3 Å². The van der Waals surface area contributed by atoms with E-state index in [4.69, 9.17) is 5.73 Å². The molecule has 0 unspecified atom stereocenters. The summed E-state index contributed by atoms with van der Waals surface area (Å²) in [6.07, 6.45) is 0. The number of nitrogens with two attached hydrogens (primary N) is 1. The average Bonchev–Trinajstić information content (AvgIpc) is 3.21. The molecule has 2 N–H and O–H groups in total. The number of rotatable bonds is 2. The first-order chi connectivity index (χ1) is 12.4. The zero-order valence-corrected chi connectivity index (χ0v) is 15.5. The van der Waals surface area contributed by atoms with E-state index in [1.807, 2.05) is 43.4 Å². The van der Waals surface area contributed by atoms with Gasteiger partial charge < -0.3 is 10.3 Å². The Hall–Kier alpha value is -3.06. The molecule has 0 spiro atoms. The minimum atomic E-state index is 0.0478. The number of hydrogen-bond acceptors (Lipinski definition) is 6. The molecular formula is C19H18N4O2S. The van der Waals surface area contributed by atoms with Gasteiger partial charge in [-0.1, -0.05) is 11.3 Å². The SMILES string of the molecule is CC(=O)c1ccc2c(c1)c1cc(C(C)=O)ccc1n2C.Nc1nncs1. The second kappa shape index (κ2) is 7.05. The van der Waals surface area contributed by atoms with Gasteiger partial charge in [-0.25, -0.2) is 0 Å². The number of hydrogen-bond donors (Lipinski definition) is 1. The highest BCUT2D eigenvalue weighted by Gasteiger charge is 2.11. The molecule has 2 aromatic carbocycles. The van der Waals surface area contributed by atoms with Gasteiger partial charge in [-0.3, -0.25) is 9.59 Å². The molecule has 0 bridgehead atoms. The Kier molecular flexibility index (Phi) is 4.81. The lowest BCUT2D eigenvalue weighted by Gasteiger charge is -1.99. The predicted molar refractivity (Wildman–Crippen MR) is 105 cm³/mol. The van der Waals surface area contributed by atoms with Crippen LogP contribution < -0.4 is 5.73 Å². The number of carbonyl (C=O) groups is 2. The van der Waals surface area contributed by atoms with Crippen LogP contribution in [0.5, 0.6) is 0 Å². The Labute approximate surface area is 154 Å². The quantitative estimate of drug-likeness (QED) is 0.544. The van der Waals surface area contributed by atoms with Gasteiger partial charge in [0.05, 0.1) is 0 Å². The summed E-state index contributed by atoms with van der Waals surface area (Å²) >= 11 is 1.33. The number of aromatic nitrogens is 3. The maximum absolute atomic E-state index is 11.5. The van der Waals surface area contributed by atoms with Crippen molar-refractivity contribution in [2.45, 2.75) is 13.8 Å². The van der Waals surface area contributed by atoms with Gasteiger partial charge in [0, 0.05) is 40.0 Å². The number of nitrogens with zero attached hydrogens (tertiary/aromatic N) is 3. The van der Waals surface area contributed by atoms with E-state index >= 15 is 0 Å². The summed E-state index contributed by atoms with van der Waals surface area (Å²) in [5, 5.41) is 9.48. The number of carbonyl (C=O) groups excluding carboxylic acids is 2. The monoisotopic (exact) mass is 366 g/mol. The molecule has 2 aromatic heterocycles. The Morgan fingerprint density at radius 3 is 1.77 bits per heavy atom. The van der Waals surface area contributed by atoms with Crippen LogP contribution in [0.15, 0.2) is 41.9 Å². The van der Waals surface area contributed by atoms with Crippen molar-refractivity contribution in [3.8, 4) is 0 Å². The van der Waals surface area contributed by atoms with Gasteiger partial charge >= 0.3 is 0 Å². The number of benzene rings is 2. The van der Waals surface area contributed by atoms with Crippen LogP contribution in [0.25, 0.3) is 21.8 Å². The van der Waals surface area contributed by atoms with Crippen LogP contribution in [-0.2, 0) is 7.05 Å². The Morgan fingerprint density at radius 2 is 1.46 bits per heavy atom. The largest absolute Gasteiger partial charge is 0.374 e. The Morgan fingerprint density at radius 1 is 0.962 bits per heavy atom. The molecule has 0 atom stereocenters. The second-order valence-electron chi connectivity index (χ2n) is 5.91. The third kappa shape index (κ3) is 3.34. The normalized spacial score (nSPS) is 10.6. The highest BCUT2D eigenvalue weighted by Crippen LogP contribution is 2.30. The fraction of sp³-hybridized carbons (Fsp3) is 0.158. The first-order valence-electron chi connectivity index (χ1n) is 7.94. The minimum absolute atomic E-state index is 0.0478. The van der Waals surface area contributed by atoms with E-state index in [0.717, 1.165) is 21.8 Å². The van der Waals surface area contributed by atoms with Gasteiger partial charge in [0.15, 0.2) is 11.6 Å². The first kappa shape index (κ1) is 17.8. The molecule has 26 heavy (non-hydrogen) atoms. The molecule has 0 aliphatic rings. The van der Waals surface area contributed by atoms with Crippen LogP contribution in [0.2, 0.25) is 0 Å². The van der Waals surface area contributed by atoms with Crippen molar-refractivity contribution in [3.05, 3.63) is 53.0 Å². The number of aryl methyl sites for hydroxylation is 1. The van der Waals surface area contributed by atoms with Gasteiger partial charge in [-0.2, -0.15) is 0 Å². The first-order valence-corrected chi connectivity index (χ1v) is 8.82. The predicted octanol–water partition coefficient (Wildman–Crippen LogP) is 3.86. The summed E-state index contributed by atoms with van der Waals surface area (Å²) in [6, 6.07) is 11.4. The second-order valence-corrected chi connectivity index (χ2v) is 6.78. The lowest BCUT2D eigenvalue weighted by molar-refractivity contribution is 0.100. The molecule has 132 valence electrons. The summed E-state index contributed by atoms with van der Waals surface area (Å²) in [4.78, 5) is 23.1. The van der Waals surface area contributed by atoms with Gasteiger partial charge in [0.1, 0.15) is 5.51 Å². The van der Waals surface area contributed by atoms with Crippen molar-refractivity contribution in [1.29, 1.82) is 0 Å². The van der Waals surface area contributed by atoms with Crippen LogP contribution in [0.1, 0.15) is 34.6 Å². The molecule has 2 heterocycles. The summed E-state index contributed by atoms with van der Waals surface area (Å²) < 4.78 is 2.08. The fourth-order valence-corrected chi connectivity index (χ4v) is 3.13. The van der Waals surface area contributed by atoms with Crippen LogP contribution in [0, 0.1) is 0 Å². The molecule has 6 nitrogen and oxygen atoms in total. The maximum Gasteiger partial charge on any atom is 0.202 e. The molecule has 0 amide bonds. The Bertz CT molecular complexity index is 1040. The maximum atomic E-state index is 11.5. The highest BCUT2D eigenvalue weighted by atomic mass is 32.1. The molecule has 0 radical (unpaired) electrons. The van der Waals surface area contributed by atoms with Crippen molar-refractivity contribution in [2.75, 3.05) is 5.73 Å². The van der Waals surface area contributed by atoms with Crippen molar-refractivity contribution < 1.29 is 9.59 Å². The molecule has 0 saturated heterocycles. The molecule has 0 saturated carbocycles. The van der Waals surface area contributed by atoms with E-state index in [9.17, 15) is 9.59 Å². The Balaban J connectivity index is 0.000000278. The van der Waals surface area contributed by atoms with Gasteiger partial charge in [0.25, 0.3) is 0 Å². The highest BCUT2D eigenvalue weighted by molar-refractivity contribution is 7.13. The number of Topliss-reactive ketones (excluding diaryl/α,β-unsaturated/α-hetero) is 2.